The Kier molecular flexibility index (Phi) is 4.45. The zero-order valence-corrected chi connectivity index (χ0v) is 13.9. The maximum Gasteiger partial charge on any atom is 0.276 e. The number of ether oxygens (including phenoxy) is 1. The number of thiocarbonyl (C=S) groups is 1. The number of benzene rings is 1. The lowest BCUT2D eigenvalue weighted by molar-refractivity contribution is -0.122. The first-order valence-electron chi connectivity index (χ1n) is 6.14. The molecule has 1 saturated heterocycles. The minimum atomic E-state index is -0.0815. The minimum Gasteiger partial charge on any atom is -0.496 e. The standard InChI is InChI=1S/C14H15BrN2O2S/c1-4-17-13(18)11(16(2)14(17)20)8-9-7-10(15)5-6-12(9)19-3/h5-8H,4H2,1-3H3/b11-8-. The molecule has 0 atom stereocenters. The van der Waals surface area contributed by atoms with Gasteiger partial charge in [0.2, 0.25) is 0 Å². The van der Waals surface area contributed by atoms with Crippen LogP contribution in [0.1, 0.15) is 12.5 Å². The largest absolute Gasteiger partial charge is 0.496 e. The zero-order valence-electron chi connectivity index (χ0n) is 11.5. The van der Waals surface area contributed by atoms with E-state index in [1.807, 2.05) is 25.1 Å². The Balaban J connectivity index is 2.48. The van der Waals surface area contributed by atoms with Crippen LogP contribution in [0.2, 0.25) is 0 Å². The van der Waals surface area contributed by atoms with Crippen LogP contribution in [0.25, 0.3) is 6.08 Å². The summed E-state index contributed by atoms with van der Waals surface area (Å²) in [7, 11) is 3.40. The molecule has 1 fully saturated rings. The average molecular weight is 355 g/mol. The minimum absolute atomic E-state index is 0.0815. The molecule has 1 aromatic carbocycles. The van der Waals surface area contributed by atoms with E-state index in [0.29, 0.717) is 23.1 Å². The van der Waals surface area contributed by atoms with Gasteiger partial charge in [-0.2, -0.15) is 0 Å². The van der Waals surface area contributed by atoms with Crippen molar-refractivity contribution in [1.29, 1.82) is 0 Å². The Morgan fingerprint density at radius 3 is 2.70 bits per heavy atom. The summed E-state index contributed by atoms with van der Waals surface area (Å²) in [6.45, 7) is 2.47. The predicted octanol–water partition coefficient (Wildman–Crippen LogP) is 2.88. The van der Waals surface area contributed by atoms with Crippen molar-refractivity contribution >= 4 is 45.2 Å². The van der Waals surface area contributed by atoms with Crippen molar-refractivity contribution in [3.05, 3.63) is 33.9 Å². The summed E-state index contributed by atoms with van der Waals surface area (Å²) < 4.78 is 6.24. The molecule has 0 radical (unpaired) electrons. The van der Waals surface area contributed by atoms with E-state index in [9.17, 15) is 4.79 Å². The van der Waals surface area contributed by atoms with E-state index in [1.54, 1.807) is 30.0 Å². The molecule has 0 aliphatic carbocycles. The maximum absolute atomic E-state index is 12.3. The number of hydrogen-bond donors (Lipinski definition) is 0. The molecule has 0 bridgehead atoms. The lowest BCUT2D eigenvalue weighted by atomic mass is 10.1. The Morgan fingerprint density at radius 2 is 2.15 bits per heavy atom. The Bertz CT molecular complexity index is 601. The van der Waals surface area contributed by atoms with Crippen molar-refractivity contribution in [2.75, 3.05) is 20.7 Å². The quantitative estimate of drug-likeness (QED) is 0.617. The molecule has 0 aromatic heterocycles. The van der Waals surface area contributed by atoms with Crippen molar-refractivity contribution < 1.29 is 9.53 Å². The van der Waals surface area contributed by atoms with Crippen molar-refractivity contribution in [1.82, 2.24) is 9.80 Å². The molecule has 1 aromatic rings. The lowest BCUT2D eigenvalue weighted by Gasteiger charge is -2.13. The molecule has 6 heteroatoms. The van der Waals surface area contributed by atoms with Gasteiger partial charge in [0, 0.05) is 23.6 Å². The van der Waals surface area contributed by atoms with Gasteiger partial charge in [-0.1, -0.05) is 15.9 Å². The second kappa shape index (κ2) is 5.93. The maximum atomic E-state index is 12.3. The molecule has 1 aliphatic rings. The molecule has 2 rings (SSSR count). The smallest absolute Gasteiger partial charge is 0.276 e. The van der Waals surface area contributed by atoms with Crippen molar-refractivity contribution in [2.45, 2.75) is 6.92 Å². The molecule has 0 spiro atoms. The van der Waals surface area contributed by atoms with Crippen LogP contribution in [0.3, 0.4) is 0 Å². The van der Waals surface area contributed by atoms with Crippen LogP contribution in [0, 0.1) is 0 Å². The van der Waals surface area contributed by atoms with Crippen LogP contribution in [0.15, 0.2) is 28.4 Å². The summed E-state index contributed by atoms with van der Waals surface area (Å²) >= 11 is 8.69. The van der Waals surface area contributed by atoms with Gasteiger partial charge in [0.05, 0.1) is 7.11 Å². The van der Waals surface area contributed by atoms with Crippen molar-refractivity contribution in [3.63, 3.8) is 0 Å². The van der Waals surface area contributed by atoms with Gasteiger partial charge < -0.3 is 9.64 Å². The molecule has 4 nitrogen and oxygen atoms in total. The highest BCUT2D eigenvalue weighted by molar-refractivity contribution is 9.10. The Morgan fingerprint density at radius 1 is 1.45 bits per heavy atom. The summed E-state index contributed by atoms with van der Waals surface area (Å²) in [5.41, 5.74) is 1.38. The molecule has 0 unspecified atom stereocenters. The topological polar surface area (TPSA) is 32.8 Å². The summed E-state index contributed by atoms with van der Waals surface area (Å²) in [5.74, 6) is 0.629. The van der Waals surface area contributed by atoms with Crippen LogP contribution in [0.5, 0.6) is 5.75 Å². The molecular formula is C14H15BrN2O2S. The first-order valence-corrected chi connectivity index (χ1v) is 7.34. The number of halogens is 1. The average Bonchev–Trinajstić information content (AvgIpc) is 2.63. The first kappa shape index (κ1) is 15.0. The van der Waals surface area contributed by atoms with Gasteiger partial charge in [-0.3, -0.25) is 9.69 Å². The van der Waals surface area contributed by atoms with Gasteiger partial charge in [-0.05, 0) is 43.4 Å². The zero-order chi connectivity index (χ0) is 14.9. The third kappa shape index (κ3) is 2.58. The molecule has 0 saturated carbocycles. The highest BCUT2D eigenvalue weighted by Crippen LogP contribution is 2.28. The number of likely N-dealkylation sites (N-methyl/N-ethyl adjacent to an activating group) is 2. The fourth-order valence-corrected chi connectivity index (χ4v) is 2.74. The SMILES string of the molecule is CCN1C(=O)/C(=C/c2cc(Br)ccc2OC)N(C)C1=S. The van der Waals surface area contributed by atoms with Crippen LogP contribution < -0.4 is 4.74 Å². The fourth-order valence-electron chi connectivity index (χ4n) is 2.06. The predicted molar refractivity (Wildman–Crippen MR) is 86.4 cm³/mol. The third-order valence-electron chi connectivity index (χ3n) is 3.14. The van der Waals surface area contributed by atoms with Crippen LogP contribution in [-0.4, -0.2) is 41.5 Å². The fraction of sp³-hybridized carbons (Fsp3) is 0.286. The van der Waals surface area contributed by atoms with Crippen molar-refractivity contribution in [3.8, 4) is 5.75 Å². The second-order valence-electron chi connectivity index (χ2n) is 4.31. The Hall–Kier alpha value is -1.40. The molecule has 0 N–H and O–H groups in total. The number of methoxy groups -OCH3 is 1. The monoisotopic (exact) mass is 354 g/mol. The molecule has 20 heavy (non-hydrogen) atoms. The summed E-state index contributed by atoms with van der Waals surface area (Å²) in [5, 5.41) is 0.526. The van der Waals surface area contributed by atoms with Crippen LogP contribution in [-0.2, 0) is 4.79 Å². The second-order valence-corrected chi connectivity index (χ2v) is 5.59. The van der Waals surface area contributed by atoms with Crippen LogP contribution >= 0.6 is 28.1 Å². The number of carbonyl (C=O) groups is 1. The summed E-state index contributed by atoms with van der Waals surface area (Å²) in [4.78, 5) is 15.6. The van der Waals surface area contributed by atoms with E-state index in [-0.39, 0.29) is 5.91 Å². The van der Waals surface area contributed by atoms with E-state index in [2.05, 4.69) is 15.9 Å². The van der Waals surface area contributed by atoms with Crippen LogP contribution in [0.4, 0.5) is 0 Å². The number of rotatable bonds is 3. The Labute approximate surface area is 132 Å². The summed E-state index contributed by atoms with van der Waals surface area (Å²) in [6, 6.07) is 5.65. The van der Waals surface area contributed by atoms with E-state index in [1.165, 1.54) is 0 Å². The van der Waals surface area contributed by atoms with E-state index in [4.69, 9.17) is 17.0 Å². The van der Waals surface area contributed by atoms with Gasteiger partial charge in [0.15, 0.2) is 5.11 Å². The van der Waals surface area contributed by atoms with E-state index >= 15 is 0 Å². The first-order chi connectivity index (χ1) is 9.49. The van der Waals surface area contributed by atoms with Gasteiger partial charge in [0.25, 0.3) is 5.91 Å². The normalized spacial score (nSPS) is 17.3. The third-order valence-corrected chi connectivity index (χ3v) is 4.13. The summed E-state index contributed by atoms with van der Waals surface area (Å²) in [6.07, 6.45) is 1.80. The number of nitrogens with zero attached hydrogens (tertiary/aromatic N) is 2. The van der Waals surface area contributed by atoms with Gasteiger partial charge >= 0.3 is 0 Å². The number of carbonyl (C=O) groups excluding carboxylic acids is 1. The number of amides is 1. The molecular weight excluding hydrogens is 340 g/mol. The van der Waals surface area contributed by atoms with Gasteiger partial charge in [-0.25, -0.2) is 0 Å². The molecule has 1 amide bonds. The molecule has 106 valence electrons. The van der Waals surface area contributed by atoms with E-state index in [0.717, 1.165) is 10.0 Å². The molecule has 1 aliphatic heterocycles. The number of hydrogen-bond acceptors (Lipinski definition) is 3. The lowest BCUT2D eigenvalue weighted by Crippen LogP contribution is -2.30. The van der Waals surface area contributed by atoms with E-state index < -0.39 is 0 Å². The highest BCUT2D eigenvalue weighted by atomic mass is 79.9. The van der Waals surface area contributed by atoms with Crippen molar-refractivity contribution in [2.24, 2.45) is 0 Å². The van der Waals surface area contributed by atoms with Gasteiger partial charge in [0.1, 0.15) is 11.4 Å². The highest BCUT2D eigenvalue weighted by Gasteiger charge is 2.34. The van der Waals surface area contributed by atoms with Gasteiger partial charge in [-0.15, -0.1) is 0 Å². The molecule has 1 heterocycles.